The van der Waals surface area contributed by atoms with E-state index in [0.717, 1.165) is 50.7 Å². The molecule has 1 N–H and O–H groups in total. The van der Waals surface area contributed by atoms with Crippen LogP contribution >= 0.6 is 0 Å². The van der Waals surface area contributed by atoms with Gasteiger partial charge in [0.2, 0.25) is 0 Å². The van der Waals surface area contributed by atoms with E-state index in [-0.39, 0.29) is 5.82 Å². The lowest BCUT2D eigenvalue weighted by atomic mass is 9.89. The van der Waals surface area contributed by atoms with Crippen molar-refractivity contribution in [1.29, 1.82) is 0 Å². The van der Waals surface area contributed by atoms with E-state index in [2.05, 4.69) is 16.3 Å². The maximum Gasteiger partial charge on any atom is 0.132 e. The molecule has 1 aromatic carbocycles. The van der Waals surface area contributed by atoms with E-state index >= 15 is 0 Å². The molecule has 2 aromatic rings. The molecule has 26 heavy (non-hydrogen) atoms. The zero-order chi connectivity index (χ0) is 17.9. The fourth-order valence-electron chi connectivity index (χ4n) is 4.23. The molecule has 0 aliphatic carbocycles. The number of aromatic nitrogens is 2. The monoisotopic (exact) mass is 354 g/mol. The number of hydrogen-bond donors (Lipinski definition) is 1. The van der Waals surface area contributed by atoms with Crippen molar-refractivity contribution in [3.63, 3.8) is 0 Å². The van der Waals surface area contributed by atoms with Crippen LogP contribution in [0.2, 0.25) is 0 Å². The van der Waals surface area contributed by atoms with Gasteiger partial charge in [-0.15, -0.1) is 0 Å². The number of nitrogens with zero attached hydrogens (tertiary/aromatic N) is 3. The van der Waals surface area contributed by atoms with Gasteiger partial charge in [0, 0.05) is 31.6 Å². The predicted molar refractivity (Wildman–Crippen MR) is 102 cm³/mol. The number of piperidine rings is 2. The van der Waals surface area contributed by atoms with E-state index in [1.807, 2.05) is 19.1 Å². The summed E-state index contributed by atoms with van der Waals surface area (Å²) in [7, 11) is 0. The third-order valence-corrected chi connectivity index (χ3v) is 5.72. The van der Waals surface area contributed by atoms with E-state index in [1.165, 1.54) is 24.1 Å². The minimum atomic E-state index is -0.160. The number of halogens is 1. The Labute approximate surface area is 154 Å². The molecule has 5 heteroatoms. The molecule has 0 amide bonds. The van der Waals surface area contributed by atoms with Gasteiger partial charge in [0.05, 0.1) is 5.69 Å². The average molecular weight is 354 g/mol. The SMILES string of the molecule is Cc1nc(C2CCCNC2)cc(N2CCC(c3ccc(F)cc3)CC2)n1. The maximum atomic E-state index is 13.1. The fourth-order valence-corrected chi connectivity index (χ4v) is 4.23. The first-order valence-corrected chi connectivity index (χ1v) is 9.76. The normalized spacial score (nSPS) is 21.8. The van der Waals surface area contributed by atoms with Crippen LogP contribution < -0.4 is 10.2 Å². The Bertz CT molecular complexity index is 732. The Morgan fingerprint density at radius 1 is 1.04 bits per heavy atom. The molecule has 0 bridgehead atoms. The molecule has 2 aliphatic rings. The molecule has 3 heterocycles. The molecule has 0 spiro atoms. The highest BCUT2D eigenvalue weighted by Crippen LogP contribution is 2.31. The van der Waals surface area contributed by atoms with Crippen LogP contribution in [0.1, 0.15) is 54.6 Å². The van der Waals surface area contributed by atoms with Crippen LogP contribution in [0.3, 0.4) is 0 Å². The van der Waals surface area contributed by atoms with Crippen LogP contribution in [-0.2, 0) is 0 Å². The third-order valence-electron chi connectivity index (χ3n) is 5.72. The van der Waals surface area contributed by atoms with Gasteiger partial charge in [-0.3, -0.25) is 0 Å². The summed E-state index contributed by atoms with van der Waals surface area (Å²) < 4.78 is 13.1. The van der Waals surface area contributed by atoms with Crippen molar-refractivity contribution >= 4 is 5.82 Å². The van der Waals surface area contributed by atoms with Crippen molar-refractivity contribution in [1.82, 2.24) is 15.3 Å². The van der Waals surface area contributed by atoms with Crippen LogP contribution in [0.15, 0.2) is 30.3 Å². The molecule has 2 aliphatic heterocycles. The zero-order valence-electron chi connectivity index (χ0n) is 15.4. The van der Waals surface area contributed by atoms with E-state index in [9.17, 15) is 4.39 Å². The van der Waals surface area contributed by atoms with Gasteiger partial charge in [0.1, 0.15) is 17.5 Å². The number of hydrogen-bond acceptors (Lipinski definition) is 4. The maximum absolute atomic E-state index is 13.1. The topological polar surface area (TPSA) is 41.1 Å². The van der Waals surface area contributed by atoms with Gasteiger partial charge in [-0.2, -0.15) is 0 Å². The minimum Gasteiger partial charge on any atom is -0.356 e. The van der Waals surface area contributed by atoms with Crippen molar-refractivity contribution in [2.75, 3.05) is 31.1 Å². The summed E-state index contributed by atoms with van der Waals surface area (Å²) in [6, 6.07) is 9.19. The van der Waals surface area contributed by atoms with Gasteiger partial charge in [0.15, 0.2) is 0 Å². The van der Waals surface area contributed by atoms with Crippen LogP contribution in [0.4, 0.5) is 10.2 Å². The van der Waals surface area contributed by atoms with E-state index < -0.39 is 0 Å². The summed E-state index contributed by atoms with van der Waals surface area (Å²) in [6.45, 7) is 6.10. The Kier molecular flexibility index (Phi) is 5.16. The van der Waals surface area contributed by atoms with E-state index in [1.54, 1.807) is 12.1 Å². The van der Waals surface area contributed by atoms with Gasteiger partial charge < -0.3 is 10.2 Å². The van der Waals surface area contributed by atoms with Crippen LogP contribution in [0.25, 0.3) is 0 Å². The molecule has 4 nitrogen and oxygen atoms in total. The Morgan fingerprint density at radius 3 is 2.50 bits per heavy atom. The van der Waals surface area contributed by atoms with E-state index in [0.29, 0.717) is 11.8 Å². The number of aryl methyl sites for hydroxylation is 1. The molecule has 4 rings (SSSR count). The van der Waals surface area contributed by atoms with Crippen molar-refractivity contribution in [2.24, 2.45) is 0 Å². The van der Waals surface area contributed by atoms with Gasteiger partial charge in [-0.25, -0.2) is 14.4 Å². The second kappa shape index (κ2) is 7.70. The van der Waals surface area contributed by atoms with Gasteiger partial charge in [-0.05, 0) is 62.8 Å². The first-order valence-electron chi connectivity index (χ1n) is 9.76. The summed E-state index contributed by atoms with van der Waals surface area (Å²) in [5.74, 6) is 2.78. The predicted octanol–water partition coefficient (Wildman–Crippen LogP) is 3.78. The molecule has 138 valence electrons. The van der Waals surface area contributed by atoms with Crippen LogP contribution in [-0.4, -0.2) is 36.1 Å². The quantitative estimate of drug-likeness (QED) is 0.911. The molecule has 0 saturated carbocycles. The summed E-state index contributed by atoms with van der Waals surface area (Å²) in [5.41, 5.74) is 2.43. The van der Waals surface area contributed by atoms with Gasteiger partial charge in [-0.1, -0.05) is 12.1 Å². The number of nitrogens with one attached hydrogen (secondary N) is 1. The molecule has 2 fully saturated rings. The Hall–Kier alpha value is -2.01. The van der Waals surface area contributed by atoms with Gasteiger partial charge in [0.25, 0.3) is 0 Å². The molecule has 1 unspecified atom stereocenters. The zero-order valence-corrected chi connectivity index (χ0v) is 15.4. The third kappa shape index (κ3) is 3.88. The molecule has 0 radical (unpaired) electrons. The standard InChI is InChI=1S/C21H27FN4/c1-15-24-20(18-3-2-10-23-14-18)13-21(25-15)26-11-8-17(9-12-26)16-4-6-19(22)7-5-16/h4-7,13,17-18,23H,2-3,8-12,14H2,1H3. The summed E-state index contributed by atoms with van der Waals surface area (Å²) in [5, 5.41) is 3.48. The van der Waals surface area contributed by atoms with Crippen LogP contribution in [0, 0.1) is 12.7 Å². The molecular formula is C21H27FN4. The number of anilines is 1. The number of rotatable bonds is 3. The van der Waals surface area contributed by atoms with Crippen molar-refractivity contribution in [2.45, 2.75) is 44.4 Å². The Morgan fingerprint density at radius 2 is 1.81 bits per heavy atom. The largest absolute Gasteiger partial charge is 0.356 e. The van der Waals surface area contributed by atoms with Crippen molar-refractivity contribution in [3.8, 4) is 0 Å². The average Bonchev–Trinajstić information content (AvgIpc) is 2.69. The van der Waals surface area contributed by atoms with Crippen molar-refractivity contribution < 1.29 is 4.39 Å². The number of benzene rings is 1. The smallest absolute Gasteiger partial charge is 0.132 e. The fraction of sp³-hybridized carbons (Fsp3) is 0.524. The lowest BCUT2D eigenvalue weighted by Gasteiger charge is -2.33. The first-order chi connectivity index (χ1) is 12.7. The molecule has 1 aromatic heterocycles. The lowest BCUT2D eigenvalue weighted by molar-refractivity contribution is 0.452. The highest BCUT2D eigenvalue weighted by molar-refractivity contribution is 5.42. The second-order valence-corrected chi connectivity index (χ2v) is 7.55. The van der Waals surface area contributed by atoms with Crippen molar-refractivity contribution in [3.05, 3.63) is 53.2 Å². The minimum absolute atomic E-state index is 0.160. The lowest BCUT2D eigenvalue weighted by Crippen LogP contribution is -2.34. The summed E-state index contributed by atoms with van der Waals surface area (Å²) in [4.78, 5) is 11.8. The molecule has 2 saturated heterocycles. The summed E-state index contributed by atoms with van der Waals surface area (Å²) in [6.07, 6.45) is 4.58. The molecular weight excluding hydrogens is 327 g/mol. The first kappa shape index (κ1) is 17.4. The Balaban J connectivity index is 1.45. The van der Waals surface area contributed by atoms with E-state index in [4.69, 9.17) is 9.97 Å². The summed E-state index contributed by atoms with van der Waals surface area (Å²) >= 11 is 0. The highest BCUT2D eigenvalue weighted by atomic mass is 19.1. The van der Waals surface area contributed by atoms with Crippen LogP contribution in [0.5, 0.6) is 0 Å². The molecule has 1 atom stereocenters. The second-order valence-electron chi connectivity index (χ2n) is 7.55. The van der Waals surface area contributed by atoms with Gasteiger partial charge >= 0.3 is 0 Å². The highest BCUT2D eigenvalue weighted by Gasteiger charge is 2.24.